The summed E-state index contributed by atoms with van der Waals surface area (Å²) in [5, 5.41) is 0. The Morgan fingerprint density at radius 1 is 1.67 bits per heavy atom. The molecule has 0 saturated heterocycles. The average molecular weight is 146 g/mol. The second-order valence-corrected chi connectivity index (χ2v) is 3.28. The minimum absolute atomic E-state index is 0.262. The van der Waals surface area contributed by atoms with Gasteiger partial charge in [0, 0.05) is 5.92 Å². The normalized spacial score (nSPS) is 13.2. The number of thioether (sulfide) groups is 1. The summed E-state index contributed by atoms with van der Waals surface area (Å²) >= 11 is 1.80. The van der Waals surface area contributed by atoms with Crippen molar-refractivity contribution in [1.82, 2.24) is 0 Å². The lowest BCUT2D eigenvalue weighted by molar-refractivity contribution is -0.120. The molecular formula is C7H14OS. The molecule has 1 nitrogen and oxygen atoms in total. The van der Waals surface area contributed by atoms with Crippen LogP contribution in [0.5, 0.6) is 0 Å². The highest BCUT2D eigenvalue weighted by atomic mass is 32.2. The van der Waals surface area contributed by atoms with Crippen molar-refractivity contribution in [2.75, 3.05) is 12.0 Å². The van der Waals surface area contributed by atoms with E-state index in [4.69, 9.17) is 0 Å². The Balaban J connectivity index is 3.27. The summed E-state index contributed by atoms with van der Waals surface area (Å²) in [7, 11) is 0. The molecule has 0 aromatic rings. The number of rotatable bonds is 4. The van der Waals surface area contributed by atoms with Gasteiger partial charge in [0.2, 0.25) is 0 Å². The van der Waals surface area contributed by atoms with Gasteiger partial charge in [0.15, 0.2) is 0 Å². The van der Waals surface area contributed by atoms with Crippen LogP contribution in [0, 0.1) is 5.92 Å². The number of carbonyl (C=O) groups is 1. The molecule has 1 unspecified atom stereocenters. The Kier molecular flexibility index (Phi) is 4.87. The maximum atomic E-state index is 10.6. The molecular weight excluding hydrogens is 132 g/mol. The van der Waals surface area contributed by atoms with E-state index in [0.717, 1.165) is 12.2 Å². The third-order valence-electron chi connectivity index (χ3n) is 1.45. The molecule has 0 aromatic heterocycles. The number of hydrogen-bond donors (Lipinski definition) is 0. The van der Waals surface area contributed by atoms with Crippen LogP contribution in [0.15, 0.2) is 0 Å². The molecule has 0 heterocycles. The predicted molar refractivity (Wildman–Crippen MR) is 42.8 cm³/mol. The Hall–Kier alpha value is 0.0200. The van der Waals surface area contributed by atoms with Crippen molar-refractivity contribution in [2.45, 2.75) is 20.3 Å². The first kappa shape index (κ1) is 9.02. The van der Waals surface area contributed by atoms with Gasteiger partial charge >= 0.3 is 0 Å². The molecule has 0 N–H and O–H groups in total. The highest BCUT2D eigenvalue weighted by molar-refractivity contribution is 7.98. The van der Waals surface area contributed by atoms with E-state index in [2.05, 4.69) is 6.26 Å². The number of ketones is 1. The van der Waals surface area contributed by atoms with Gasteiger partial charge in [0.25, 0.3) is 0 Å². The Labute approximate surface area is 61.2 Å². The third kappa shape index (κ3) is 4.52. The summed E-state index contributed by atoms with van der Waals surface area (Å²) in [5.41, 5.74) is 0. The van der Waals surface area contributed by atoms with Gasteiger partial charge in [-0.25, -0.2) is 0 Å². The van der Waals surface area contributed by atoms with Crippen molar-refractivity contribution in [3.05, 3.63) is 0 Å². The van der Waals surface area contributed by atoms with Crippen LogP contribution in [-0.4, -0.2) is 17.8 Å². The van der Waals surface area contributed by atoms with Crippen LogP contribution in [0.2, 0.25) is 0 Å². The molecule has 0 saturated carbocycles. The van der Waals surface area contributed by atoms with Gasteiger partial charge in [-0.1, -0.05) is 6.92 Å². The van der Waals surface area contributed by atoms with Crippen LogP contribution in [-0.2, 0) is 4.79 Å². The molecule has 0 spiro atoms. The average Bonchev–Trinajstić information content (AvgIpc) is 1.82. The van der Waals surface area contributed by atoms with Gasteiger partial charge in [-0.3, -0.25) is 4.79 Å². The van der Waals surface area contributed by atoms with E-state index in [1.165, 1.54) is 0 Å². The summed E-state index contributed by atoms with van der Waals surface area (Å²) in [6.07, 6.45) is 3.09. The van der Waals surface area contributed by atoms with E-state index in [-0.39, 0.29) is 5.92 Å². The predicted octanol–water partition coefficient (Wildman–Crippen LogP) is 1.96. The molecule has 0 aromatic carbocycles. The van der Waals surface area contributed by atoms with Crippen molar-refractivity contribution < 1.29 is 4.79 Å². The zero-order valence-electron chi connectivity index (χ0n) is 6.31. The fourth-order valence-corrected chi connectivity index (χ4v) is 1.09. The van der Waals surface area contributed by atoms with Crippen molar-refractivity contribution >= 4 is 17.5 Å². The number of carbonyl (C=O) groups excluding carboxylic acids is 1. The Bertz CT molecular complexity index is 90.9. The van der Waals surface area contributed by atoms with Gasteiger partial charge in [0.05, 0.1) is 0 Å². The molecule has 0 aliphatic rings. The molecule has 0 rings (SSSR count). The molecule has 54 valence electrons. The van der Waals surface area contributed by atoms with E-state index < -0.39 is 0 Å². The lowest BCUT2D eigenvalue weighted by atomic mass is 10.1. The lowest BCUT2D eigenvalue weighted by Gasteiger charge is -2.03. The molecule has 0 aliphatic carbocycles. The van der Waals surface area contributed by atoms with Crippen molar-refractivity contribution in [3.8, 4) is 0 Å². The molecule has 0 aliphatic heterocycles. The summed E-state index contributed by atoms with van der Waals surface area (Å²) in [5.74, 6) is 1.67. The molecule has 2 heteroatoms. The minimum Gasteiger partial charge on any atom is -0.300 e. The standard InChI is InChI=1S/C7H14OS/c1-6(7(2)8)4-5-9-3/h6H,4-5H2,1-3H3. The van der Waals surface area contributed by atoms with Crippen LogP contribution in [0.25, 0.3) is 0 Å². The van der Waals surface area contributed by atoms with Gasteiger partial charge in [-0.05, 0) is 25.4 Å². The van der Waals surface area contributed by atoms with Crippen LogP contribution in [0.4, 0.5) is 0 Å². The molecule has 0 fully saturated rings. The van der Waals surface area contributed by atoms with Gasteiger partial charge in [-0.2, -0.15) is 11.8 Å². The van der Waals surface area contributed by atoms with Crippen LogP contribution >= 0.6 is 11.8 Å². The summed E-state index contributed by atoms with van der Waals surface area (Å²) < 4.78 is 0. The largest absolute Gasteiger partial charge is 0.300 e. The van der Waals surface area contributed by atoms with Crippen molar-refractivity contribution in [1.29, 1.82) is 0 Å². The number of hydrogen-bond acceptors (Lipinski definition) is 2. The van der Waals surface area contributed by atoms with E-state index >= 15 is 0 Å². The minimum atomic E-state index is 0.262. The topological polar surface area (TPSA) is 17.1 Å². The van der Waals surface area contributed by atoms with Crippen LogP contribution in [0.1, 0.15) is 20.3 Å². The Morgan fingerprint density at radius 2 is 2.22 bits per heavy atom. The molecule has 0 bridgehead atoms. The van der Waals surface area contributed by atoms with E-state index in [1.807, 2.05) is 6.92 Å². The maximum Gasteiger partial charge on any atom is 0.132 e. The first-order chi connectivity index (χ1) is 4.18. The monoisotopic (exact) mass is 146 g/mol. The molecule has 0 amide bonds. The van der Waals surface area contributed by atoms with Crippen molar-refractivity contribution in [3.63, 3.8) is 0 Å². The summed E-state index contributed by atoms with van der Waals surface area (Å²) in [6, 6.07) is 0. The zero-order chi connectivity index (χ0) is 7.28. The highest BCUT2D eigenvalue weighted by Crippen LogP contribution is 2.06. The molecule has 9 heavy (non-hydrogen) atoms. The Morgan fingerprint density at radius 3 is 2.56 bits per heavy atom. The summed E-state index contributed by atoms with van der Waals surface area (Å²) in [6.45, 7) is 3.64. The first-order valence-corrected chi connectivity index (χ1v) is 4.57. The quantitative estimate of drug-likeness (QED) is 0.603. The SMILES string of the molecule is CSCCC(C)C(C)=O. The van der Waals surface area contributed by atoms with Gasteiger partial charge in [-0.15, -0.1) is 0 Å². The zero-order valence-corrected chi connectivity index (χ0v) is 7.12. The lowest BCUT2D eigenvalue weighted by Crippen LogP contribution is -2.06. The first-order valence-electron chi connectivity index (χ1n) is 3.18. The van der Waals surface area contributed by atoms with Crippen LogP contribution in [0.3, 0.4) is 0 Å². The van der Waals surface area contributed by atoms with Crippen molar-refractivity contribution in [2.24, 2.45) is 5.92 Å². The van der Waals surface area contributed by atoms with E-state index in [1.54, 1.807) is 18.7 Å². The number of Topliss-reactive ketones (excluding diaryl/α,β-unsaturated/α-hetero) is 1. The summed E-state index contributed by atoms with van der Waals surface area (Å²) in [4.78, 5) is 10.6. The van der Waals surface area contributed by atoms with Gasteiger partial charge < -0.3 is 0 Å². The maximum absolute atomic E-state index is 10.6. The van der Waals surface area contributed by atoms with E-state index in [0.29, 0.717) is 5.78 Å². The fraction of sp³-hybridized carbons (Fsp3) is 0.857. The highest BCUT2D eigenvalue weighted by Gasteiger charge is 2.04. The smallest absolute Gasteiger partial charge is 0.132 e. The third-order valence-corrected chi connectivity index (χ3v) is 2.09. The molecule has 1 atom stereocenters. The van der Waals surface area contributed by atoms with Crippen LogP contribution < -0.4 is 0 Å². The molecule has 0 radical (unpaired) electrons. The fourth-order valence-electron chi connectivity index (χ4n) is 0.498. The van der Waals surface area contributed by atoms with Gasteiger partial charge in [0.1, 0.15) is 5.78 Å². The second kappa shape index (κ2) is 4.86. The second-order valence-electron chi connectivity index (χ2n) is 2.29. The van der Waals surface area contributed by atoms with E-state index in [9.17, 15) is 4.79 Å².